The Morgan fingerprint density at radius 2 is 2.14 bits per heavy atom. The van der Waals surface area contributed by atoms with E-state index in [0.717, 1.165) is 42.6 Å². The number of aromatic nitrogens is 2. The number of hydrogen-bond donors (Lipinski definition) is 2. The lowest BCUT2D eigenvalue weighted by Gasteiger charge is -2.26. The highest BCUT2D eigenvalue weighted by Crippen LogP contribution is 2.29. The summed E-state index contributed by atoms with van der Waals surface area (Å²) in [5.74, 6) is -0.429. The standard InChI is InChI=1S/C14H14N4O2S/c19-14-17-10-2-1-9(7-12(10)20-14)11-8-21-13(16-11)18-5-3-15-4-6-18/h1-2,7-8,15H,3-6H2,(H,17,19). The van der Waals surface area contributed by atoms with Gasteiger partial charge in [-0.15, -0.1) is 11.3 Å². The molecule has 21 heavy (non-hydrogen) atoms. The Morgan fingerprint density at radius 1 is 1.29 bits per heavy atom. The number of aromatic amines is 1. The van der Waals surface area contributed by atoms with Gasteiger partial charge in [0.2, 0.25) is 0 Å². The van der Waals surface area contributed by atoms with Crippen molar-refractivity contribution in [2.24, 2.45) is 0 Å². The number of thiazole rings is 1. The molecule has 1 aliphatic rings. The van der Waals surface area contributed by atoms with Crippen LogP contribution in [0.1, 0.15) is 0 Å². The highest BCUT2D eigenvalue weighted by molar-refractivity contribution is 7.14. The van der Waals surface area contributed by atoms with Crippen molar-refractivity contribution in [1.29, 1.82) is 0 Å². The van der Waals surface area contributed by atoms with E-state index < -0.39 is 5.76 Å². The zero-order valence-corrected chi connectivity index (χ0v) is 12.1. The Balaban J connectivity index is 1.68. The summed E-state index contributed by atoms with van der Waals surface area (Å²) in [6.07, 6.45) is 0. The van der Waals surface area contributed by atoms with Crippen molar-refractivity contribution in [2.75, 3.05) is 31.1 Å². The predicted molar refractivity (Wildman–Crippen MR) is 83.0 cm³/mol. The smallest absolute Gasteiger partial charge is 0.408 e. The first-order chi connectivity index (χ1) is 10.3. The first-order valence-electron chi connectivity index (χ1n) is 6.84. The highest BCUT2D eigenvalue weighted by atomic mass is 32.1. The number of H-pyrrole nitrogens is 1. The average molecular weight is 302 g/mol. The number of anilines is 1. The number of nitrogens with zero attached hydrogens (tertiary/aromatic N) is 2. The second-order valence-corrected chi connectivity index (χ2v) is 5.81. The molecule has 0 unspecified atom stereocenters. The van der Waals surface area contributed by atoms with Gasteiger partial charge in [0.25, 0.3) is 0 Å². The Kier molecular flexibility index (Phi) is 3.01. The average Bonchev–Trinajstić information content (AvgIpc) is 3.12. The van der Waals surface area contributed by atoms with Gasteiger partial charge in [-0.1, -0.05) is 6.07 Å². The van der Waals surface area contributed by atoms with E-state index in [-0.39, 0.29) is 0 Å². The normalized spacial score (nSPS) is 15.7. The van der Waals surface area contributed by atoms with Crippen LogP contribution in [0.4, 0.5) is 5.13 Å². The Bertz CT molecular complexity index is 829. The number of nitrogens with one attached hydrogen (secondary N) is 2. The molecule has 1 fully saturated rings. The van der Waals surface area contributed by atoms with Crippen LogP contribution in [-0.4, -0.2) is 36.1 Å². The fraction of sp³-hybridized carbons (Fsp3) is 0.286. The van der Waals surface area contributed by atoms with Gasteiger partial charge >= 0.3 is 5.76 Å². The molecule has 0 radical (unpaired) electrons. The van der Waals surface area contributed by atoms with Gasteiger partial charge < -0.3 is 14.6 Å². The maximum absolute atomic E-state index is 11.2. The Labute approximate surface area is 124 Å². The molecular weight excluding hydrogens is 288 g/mol. The molecule has 1 aromatic carbocycles. The predicted octanol–water partition coefficient (Wildman–Crippen LogP) is 1.65. The molecule has 0 amide bonds. The van der Waals surface area contributed by atoms with Crippen molar-refractivity contribution in [2.45, 2.75) is 0 Å². The Morgan fingerprint density at radius 3 is 3.00 bits per heavy atom. The van der Waals surface area contributed by atoms with E-state index in [1.807, 2.05) is 23.6 Å². The monoisotopic (exact) mass is 302 g/mol. The third-order valence-electron chi connectivity index (χ3n) is 3.60. The molecule has 0 atom stereocenters. The van der Waals surface area contributed by atoms with E-state index >= 15 is 0 Å². The molecule has 108 valence electrons. The van der Waals surface area contributed by atoms with Crippen LogP contribution < -0.4 is 16.0 Å². The first kappa shape index (κ1) is 12.6. The highest BCUT2D eigenvalue weighted by Gasteiger charge is 2.15. The summed E-state index contributed by atoms with van der Waals surface area (Å²) in [7, 11) is 0. The van der Waals surface area contributed by atoms with E-state index in [1.165, 1.54) is 0 Å². The summed E-state index contributed by atoms with van der Waals surface area (Å²) in [5, 5.41) is 6.42. The fourth-order valence-corrected chi connectivity index (χ4v) is 3.39. The van der Waals surface area contributed by atoms with Crippen molar-refractivity contribution in [3.8, 4) is 11.3 Å². The molecule has 2 N–H and O–H groups in total. The molecule has 2 aromatic heterocycles. The van der Waals surface area contributed by atoms with Crippen LogP contribution in [0.2, 0.25) is 0 Å². The molecule has 0 bridgehead atoms. The molecule has 7 heteroatoms. The molecule has 6 nitrogen and oxygen atoms in total. The third-order valence-corrected chi connectivity index (χ3v) is 4.50. The molecule has 1 saturated heterocycles. The number of piperazine rings is 1. The second kappa shape index (κ2) is 5.01. The number of benzene rings is 1. The quantitative estimate of drug-likeness (QED) is 0.753. The number of hydrogen-bond acceptors (Lipinski definition) is 6. The molecule has 0 spiro atoms. The molecule has 3 aromatic rings. The van der Waals surface area contributed by atoms with Gasteiger partial charge in [0.05, 0.1) is 11.2 Å². The van der Waals surface area contributed by atoms with E-state index in [1.54, 1.807) is 11.3 Å². The first-order valence-corrected chi connectivity index (χ1v) is 7.72. The zero-order valence-electron chi connectivity index (χ0n) is 11.3. The lowest BCUT2D eigenvalue weighted by atomic mass is 10.1. The lowest BCUT2D eigenvalue weighted by Crippen LogP contribution is -2.43. The summed E-state index contributed by atoms with van der Waals surface area (Å²) in [4.78, 5) is 20.8. The Hall–Kier alpha value is -2.12. The van der Waals surface area contributed by atoms with E-state index in [2.05, 4.69) is 15.2 Å². The fourth-order valence-electron chi connectivity index (χ4n) is 2.50. The number of oxazole rings is 1. The van der Waals surface area contributed by atoms with Gasteiger partial charge in [-0.05, 0) is 12.1 Å². The van der Waals surface area contributed by atoms with Gasteiger partial charge in [-0.2, -0.15) is 0 Å². The molecule has 0 aliphatic carbocycles. The van der Waals surface area contributed by atoms with Crippen molar-refractivity contribution >= 4 is 27.6 Å². The summed E-state index contributed by atoms with van der Waals surface area (Å²) in [5.41, 5.74) is 3.15. The van der Waals surface area contributed by atoms with Gasteiger partial charge in [-0.3, -0.25) is 4.98 Å². The van der Waals surface area contributed by atoms with Crippen molar-refractivity contribution in [3.05, 3.63) is 34.1 Å². The van der Waals surface area contributed by atoms with Crippen LogP contribution in [0, 0.1) is 0 Å². The minimum Gasteiger partial charge on any atom is -0.408 e. The van der Waals surface area contributed by atoms with Crippen LogP contribution in [0.5, 0.6) is 0 Å². The van der Waals surface area contributed by atoms with E-state index in [4.69, 9.17) is 9.40 Å². The summed E-state index contributed by atoms with van der Waals surface area (Å²) < 4.78 is 5.10. The molecule has 0 saturated carbocycles. The van der Waals surface area contributed by atoms with Gasteiger partial charge in [0, 0.05) is 37.1 Å². The third kappa shape index (κ3) is 2.34. The maximum Gasteiger partial charge on any atom is 0.417 e. The number of rotatable bonds is 2. The van der Waals surface area contributed by atoms with Gasteiger partial charge in [0.1, 0.15) is 0 Å². The minimum absolute atomic E-state index is 0.429. The van der Waals surface area contributed by atoms with Crippen molar-refractivity contribution < 1.29 is 4.42 Å². The largest absolute Gasteiger partial charge is 0.417 e. The maximum atomic E-state index is 11.2. The summed E-state index contributed by atoms with van der Waals surface area (Å²) >= 11 is 1.65. The minimum atomic E-state index is -0.429. The van der Waals surface area contributed by atoms with Crippen LogP contribution in [0.15, 0.2) is 32.8 Å². The second-order valence-electron chi connectivity index (χ2n) is 4.98. The topological polar surface area (TPSA) is 74.2 Å². The number of fused-ring (bicyclic) bond motifs is 1. The van der Waals surface area contributed by atoms with Gasteiger partial charge in [0.15, 0.2) is 10.7 Å². The van der Waals surface area contributed by atoms with Crippen LogP contribution >= 0.6 is 11.3 Å². The van der Waals surface area contributed by atoms with E-state index in [0.29, 0.717) is 11.1 Å². The molecular formula is C14H14N4O2S. The van der Waals surface area contributed by atoms with Gasteiger partial charge in [-0.25, -0.2) is 9.78 Å². The van der Waals surface area contributed by atoms with Crippen molar-refractivity contribution in [1.82, 2.24) is 15.3 Å². The van der Waals surface area contributed by atoms with Crippen LogP contribution in [0.3, 0.4) is 0 Å². The molecule has 1 aliphatic heterocycles. The zero-order chi connectivity index (χ0) is 14.2. The van der Waals surface area contributed by atoms with Crippen molar-refractivity contribution in [3.63, 3.8) is 0 Å². The lowest BCUT2D eigenvalue weighted by molar-refractivity contribution is 0.555. The SMILES string of the molecule is O=c1[nH]c2ccc(-c3csc(N4CCNCC4)n3)cc2o1. The van der Waals surface area contributed by atoms with E-state index in [9.17, 15) is 4.79 Å². The summed E-state index contributed by atoms with van der Waals surface area (Å²) in [6.45, 7) is 3.96. The van der Waals surface area contributed by atoms with Crippen LogP contribution in [0.25, 0.3) is 22.4 Å². The van der Waals surface area contributed by atoms with Crippen LogP contribution in [-0.2, 0) is 0 Å². The molecule has 3 heterocycles. The summed E-state index contributed by atoms with van der Waals surface area (Å²) in [6, 6.07) is 5.65. The molecule has 4 rings (SSSR count).